The normalized spacial score (nSPS) is 21.4. The van der Waals surface area contributed by atoms with Gasteiger partial charge >= 0.3 is 0 Å². The average Bonchev–Trinajstić information content (AvgIpc) is 2.30. The SMILES string of the molecule is CC1COCCN1c1ccccc1C=O. The Morgan fingerprint density at radius 2 is 2.27 bits per heavy atom. The first-order valence-electron chi connectivity index (χ1n) is 5.21. The van der Waals surface area contributed by atoms with Gasteiger partial charge < -0.3 is 9.64 Å². The van der Waals surface area contributed by atoms with Crippen molar-refractivity contribution in [3.8, 4) is 0 Å². The van der Waals surface area contributed by atoms with Crippen LogP contribution < -0.4 is 4.90 Å². The summed E-state index contributed by atoms with van der Waals surface area (Å²) >= 11 is 0. The highest BCUT2D eigenvalue weighted by Gasteiger charge is 2.20. The fraction of sp³-hybridized carbons (Fsp3) is 0.417. The second-order valence-corrected chi connectivity index (χ2v) is 3.79. The fourth-order valence-corrected chi connectivity index (χ4v) is 1.93. The molecule has 1 heterocycles. The first-order valence-corrected chi connectivity index (χ1v) is 5.21. The van der Waals surface area contributed by atoms with E-state index >= 15 is 0 Å². The summed E-state index contributed by atoms with van der Waals surface area (Å²) in [6.07, 6.45) is 0.914. The molecule has 3 heteroatoms. The van der Waals surface area contributed by atoms with E-state index in [-0.39, 0.29) is 0 Å². The minimum absolute atomic E-state index is 0.333. The Morgan fingerprint density at radius 1 is 1.47 bits per heavy atom. The van der Waals surface area contributed by atoms with Gasteiger partial charge in [-0.25, -0.2) is 0 Å². The van der Waals surface area contributed by atoms with Gasteiger partial charge in [-0.2, -0.15) is 0 Å². The van der Waals surface area contributed by atoms with Gasteiger partial charge in [-0.05, 0) is 19.1 Å². The van der Waals surface area contributed by atoms with Crippen molar-refractivity contribution in [1.82, 2.24) is 0 Å². The van der Waals surface area contributed by atoms with Crippen molar-refractivity contribution >= 4 is 12.0 Å². The number of para-hydroxylation sites is 1. The Labute approximate surface area is 89.7 Å². The molecule has 0 radical (unpaired) electrons. The largest absolute Gasteiger partial charge is 0.377 e. The van der Waals surface area contributed by atoms with Crippen LogP contribution in [0.1, 0.15) is 17.3 Å². The van der Waals surface area contributed by atoms with E-state index in [0.29, 0.717) is 6.04 Å². The second kappa shape index (κ2) is 4.45. The number of anilines is 1. The molecule has 0 N–H and O–H groups in total. The Hall–Kier alpha value is -1.35. The van der Waals surface area contributed by atoms with Crippen molar-refractivity contribution in [3.63, 3.8) is 0 Å². The van der Waals surface area contributed by atoms with Crippen LogP contribution in [0.5, 0.6) is 0 Å². The molecule has 1 saturated heterocycles. The van der Waals surface area contributed by atoms with Crippen molar-refractivity contribution in [2.45, 2.75) is 13.0 Å². The van der Waals surface area contributed by atoms with Crippen molar-refractivity contribution < 1.29 is 9.53 Å². The quantitative estimate of drug-likeness (QED) is 0.688. The monoisotopic (exact) mass is 205 g/mol. The van der Waals surface area contributed by atoms with E-state index in [1.54, 1.807) is 0 Å². The van der Waals surface area contributed by atoms with E-state index in [4.69, 9.17) is 4.74 Å². The lowest BCUT2D eigenvalue weighted by atomic mass is 10.1. The number of carbonyl (C=O) groups excluding carboxylic acids is 1. The predicted molar refractivity (Wildman–Crippen MR) is 59.5 cm³/mol. The number of rotatable bonds is 2. The van der Waals surface area contributed by atoms with Crippen molar-refractivity contribution in [3.05, 3.63) is 29.8 Å². The van der Waals surface area contributed by atoms with Gasteiger partial charge in [0, 0.05) is 23.8 Å². The van der Waals surface area contributed by atoms with Crippen LogP contribution in [-0.4, -0.2) is 32.1 Å². The third-order valence-corrected chi connectivity index (χ3v) is 2.74. The average molecular weight is 205 g/mol. The molecule has 0 amide bonds. The number of morpholine rings is 1. The molecule has 0 aliphatic carbocycles. The summed E-state index contributed by atoms with van der Waals surface area (Å²) in [4.78, 5) is 13.1. The highest BCUT2D eigenvalue weighted by atomic mass is 16.5. The van der Waals surface area contributed by atoms with E-state index in [2.05, 4.69) is 11.8 Å². The molecule has 0 bridgehead atoms. The van der Waals surface area contributed by atoms with Gasteiger partial charge in [-0.3, -0.25) is 4.79 Å². The lowest BCUT2D eigenvalue weighted by Crippen LogP contribution is -2.44. The van der Waals surface area contributed by atoms with Gasteiger partial charge in [0.25, 0.3) is 0 Å². The minimum Gasteiger partial charge on any atom is -0.377 e. The molecule has 2 rings (SSSR count). The van der Waals surface area contributed by atoms with Crippen LogP contribution in [0, 0.1) is 0 Å². The van der Waals surface area contributed by atoms with E-state index < -0.39 is 0 Å². The van der Waals surface area contributed by atoms with E-state index in [1.165, 1.54) is 0 Å². The van der Waals surface area contributed by atoms with Gasteiger partial charge in [0.1, 0.15) is 0 Å². The standard InChI is InChI=1S/C12H15NO2/c1-10-9-15-7-6-13(10)12-5-3-2-4-11(12)8-14/h2-5,8,10H,6-7,9H2,1H3. The number of hydrogen-bond donors (Lipinski definition) is 0. The zero-order valence-electron chi connectivity index (χ0n) is 8.85. The molecule has 0 spiro atoms. The summed E-state index contributed by atoms with van der Waals surface area (Å²) in [6.45, 7) is 4.43. The smallest absolute Gasteiger partial charge is 0.152 e. The van der Waals surface area contributed by atoms with Crippen LogP contribution in [0.15, 0.2) is 24.3 Å². The zero-order valence-corrected chi connectivity index (χ0v) is 8.85. The maximum absolute atomic E-state index is 10.9. The molecule has 1 aliphatic rings. The molecular formula is C12H15NO2. The van der Waals surface area contributed by atoms with Crippen LogP contribution in [0.2, 0.25) is 0 Å². The van der Waals surface area contributed by atoms with Crippen LogP contribution in [0.25, 0.3) is 0 Å². The molecule has 0 aromatic heterocycles. The van der Waals surface area contributed by atoms with Gasteiger partial charge in [0.05, 0.1) is 13.2 Å². The summed E-state index contributed by atoms with van der Waals surface area (Å²) < 4.78 is 5.38. The number of carbonyl (C=O) groups is 1. The number of ether oxygens (including phenoxy) is 1. The lowest BCUT2D eigenvalue weighted by molar-refractivity contribution is 0.0985. The lowest BCUT2D eigenvalue weighted by Gasteiger charge is -2.35. The number of aldehydes is 1. The highest BCUT2D eigenvalue weighted by Crippen LogP contribution is 2.22. The summed E-state index contributed by atoms with van der Waals surface area (Å²) in [5.41, 5.74) is 1.77. The predicted octanol–water partition coefficient (Wildman–Crippen LogP) is 1.72. The number of benzene rings is 1. The second-order valence-electron chi connectivity index (χ2n) is 3.79. The highest BCUT2D eigenvalue weighted by molar-refractivity contribution is 5.84. The van der Waals surface area contributed by atoms with Crippen LogP contribution in [0.3, 0.4) is 0 Å². The summed E-state index contributed by atoms with van der Waals surface area (Å²) in [5.74, 6) is 0. The van der Waals surface area contributed by atoms with Crippen molar-refractivity contribution in [2.24, 2.45) is 0 Å². The third kappa shape index (κ3) is 2.02. The molecule has 1 fully saturated rings. The van der Waals surface area contributed by atoms with Crippen molar-refractivity contribution in [1.29, 1.82) is 0 Å². The Balaban J connectivity index is 2.30. The first-order chi connectivity index (χ1) is 7.33. The molecule has 1 aliphatic heterocycles. The molecular weight excluding hydrogens is 190 g/mol. The maximum Gasteiger partial charge on any atom is 0.152 e. The summed E-state index contributed by atoms with van der Waals surface area (Å²) in [7, 11) is 0. The molecule has 80 valence electrons. The molecule has 1 aromatic carbocycles. The summed E-state index contributed by atoms with van der Waals surface area (Å²) in [5, 5.41) is 0. The zero-order chi connectivity index (χ0) is 10.7. The van der Waals surface area contributed by atoms with E-state index in [1.807, 2.05) is 24.3 Å². The van der Waals surface area contributed by atoms with Crippen molar-refractivity contribution in [2.75, 3.05) is 24.7 Å². The molecule has 3 nitrogen and oxygen atoms in total. The Kier molecular flexibility index (Phi) is 3.02. The van der Waals surface area contributed by atoms with E-state index in [9.17, 15) is 4.79 Å². The molecule has 0 saturated carbocycles. The molecule has 1 aromatic rings. The summed E-state index contributed by atoms with van der Waals surface area (Å²) in [6, 6.07) is 8.03. The topological polar surface area (TPSA) is 29.5 Å². The van der Waals surface area contributed by atoms with Gasteiger partial charge in [-0.15, -0.1) is 0 Å². The third-order valence-electron chi connectivity index (χ3n) is 2.74. The van der Waals surface area contributed by atoms with Gasteiger partial charge in [0.15, 0.2) is 6.29 Å². The number of nitrogens with zero attached hydrogens (tertiary/aromatic N) is 1. The molecule has 1 unspecified atom stereocenters. The maximum atomic E-state index is 10.9. The number of hydrogen-bond acceptors (Lipinski definition) is 3. The van der Waals surface area contributed by atoms with Crippen LogP contribution in [-0.2, 0) is 4.74 Å². The Morgan fingerprint density at radius 3 is 3.00 bits per heavy atom. The van der Waals surface area contributed by atoms with Crippen LogP contribution in [0.4, 0.5) is 5.69 Å². The van der Waals surface area contributed by atoms with Crippen LogP contribution >= 0.6 is 0 Å². The Bertz CT molecular complexity index is 351. The fourth-order valence-electron chi connectivity index (χ4n) is 1.93. The van der Waals surface area contributed by atoms with Gasteiger partial charge in [-0.1, -0.05) is 12.1 Å². The molecule has 15 heavy (non-hydrogen) atoms. The first kappa shape index (κ1) is 10.2. The molecule has 1 atom stereocenters. The minimum atomic E-state index is 0.333. The van der Waals surface area contributed by atoms with Gasteiger partial charge in [0.2, 0.25) is 0 Å². The van der Waals surface area contributed by atoms with E-state index in [0.717, 1.165) is 37.3 Å².